The first kappa shape index (κ1) is 32.8. The van der Waals surface area contributed by atoms with E-state index in [0.717, 1.165) is 26.2 Å². The van der Waals surface area contributed by atoms with Crippen LogP contribution in [0.3, 0.4) is 0 Å². The van der Waals surface area contributed by atoms with Gasteiger partial charge in [-0.25, -0.2) is 0 Å². The van der Waals surface area contributed by atoms with Crippen molar-refractivity contribution >= 4 is 32.9 Å². The normalized spacial score (nSPS) is 12.8. The maximum atomic E-state index is 2.62. The summed E-state index contributed by atoms with van der Waals surface area (Å²) in [6, 6.07) is 67.1. The van der Waals surface area contributed by atoms with E-state index in [0.29, 0.717) is 0 Å². The molecule has 0 saturated heterocycles. The lowest BCUT2D eigenvalue weighted by atomic mass is 9.81. The highest BCUT2D eigenvalue weighted by Gasteiger charge is 2.36. The third kappa shape index (κ3) is 6.15. The summed E-state index contributed by atoms with van der Waals surface area (Å²) in [6.45, 7) is 7.98. The number of nitrogens with zero attached hydrogens (tertiary/aromatic N) is 2. The zero-order valence-electron chi connectivity index (χ0n) is 30.5. The number of rotatable bonds is 10. The predicted molar refractivity (Wildman–Crippen MR) is 225 cm³/mol. The second-order valence-electron chi connectivity index (χ2n) is 15.0. The third-order valence-corrected chi connectivity index (χ3v) is 11.2. The van der Waals surface area contributed by atoms with Gasteiger partial charge in [0.15, 0.2) is 0 Å². The van der Waals surface area contributed by atoms with Gasteiger partial charge in [0.2, 0.25) is 0 Å². The first-order valence-electron chi connectivity index (χ1n) is 18.8. The van der Waals surface area contributed by atoms with E-state index < -0.39 is 0 Å². The van der Waals surface area contributed by atoms with Gasteiger partial charge in [-0.15, -0.1) is 0 Å². The van der Waals surface area contributed by atoms with Crippen molar-refractivity contribution in [3.63, 3.8) is 0 Å². The zero-order valence-corrected chi connectivity index (χ0v) is 30.5. The number of fused-ring (bicyclic) bond motifs is 5. The van der Waals surface area contributed by atoms with Gasteiger partial charge in [-0.3, -0.25) is 0 Å². The molecule has 0 heterocycles. The van der Waals surface area contributed by atoms with Crippen LogP contribution < -0.4 is 9.80 Å². The molecular weight excluding hydrogens is 641 g/mol. The van der Waals surface area contributed by atoms with Crippen molar-refractivity contribution in [2.45, 2.75) is 45.4 Å². The minimum absolute atomic E-state index is 0.124. The third-order valence-electron chi connectivity index (χ3n) is 11.2. The average Bonchev–Trinajstić information content (AvgIpc) is 3.42. The van der Waals surface area contributed by atoms with Crippen LogP contribution in [0.2, 0.25) is 0 Å². The standard InChI is InChI=1S/C51H44N2/c1-51(2)47-30-18-17-27-41(47)44-31-45-46(32-48(44)51)50(53(35-39-23-11-5-12-24-39)36-40-25-13-6-14-26-40)43-29-16-15-28-42(43)49(45)52(33-37-19-7-3-8-20-37)34-38-21-9-4-10-22-38/h3-32H,33-36H2,1-2H3. The van der Waals surface area contributed by atoms with E-state index in [2.05, 4.69) is 206 Å². The Labute approximate surface area is 313 Å². The molecule has 9 rings (SSSR count). The van der Waals surface area contributed by atoms with Crippen molar-refractivity contribution in [2.75, 3.05) is 9.80 Å². The molecule has 8 aromatic rings. The number of benzene rings is 8. The van der Waals surface area contributed by atoms with Crippen molar-refractivity contribution < 1.29 is 0 Å². The van der Waals surface area contributed by atoms with Gasteiger partial charge in [-0.2, -0.15) is 0 Å². The van der Waals surface area contributed by atoms with Crippen LogP contribution in [0, 0.1) is 0 Å². The largest absolute Gasteiger partial charge is 0.362 e. The lowest BCUT2D eigenvalue weighted by Gasteiger charge is -2.33. The molecule has 0 aliphatic heterocycles. The molecule has 1 aliphatic carbocycles. The maximum absolute atomic E-state index is 2.62. The fourth-order valence-corrected chi connectivity index (χ4v) is 8.65. The van der Waals surface area contributed by atoms with Crippen molar-refractivity contribution in [2.24, 2.45) is 0 Å². The molecule has 2 heteroatoms. The van der Waals surface area contributed by atoms with Crippen LogP contribution in [-0.2, 0) is 31.6 Å². The average molecular weight is 685 g/mol. The lowest BCUT2D eigenvalue weighted by molar-refractivity contribution is 0.661. The predicted octanol–water partition coefficient (Wildman–Crippen LogP) is 12.7. The van der Waals surface area contributed by atoms with E-state index in [4.69, 9.17) is 0 Å². The molecule has 0 bridgehead atoms. The summed E-state index contributed by atoms with van der Waals surface area (Å²) >= 11 is 0. The molecule has 0 aromatic heterocycles. The molecule has 0 radical (unpaired) electrons. The minimum Gasteiger partial charge on any atom is -0.362 e. The highest BCUT2D eigenvalue weighted by Crippen LogP contribution is 2.53. The van der Waals surface area contributed by atoms with Gasteiger partial charge in [-0.05, 0) is 56.6 Å². The smallest absolute Gasteiger partial charge is 0.0533 e. The fraction of sp³-hybridized carbons (Fsp3) is 0.137. The molecule has 0 amide bonds. The monoisotopic (exact) mass is 684 g/mol. The Hall–Kier alpha value is -6.12. The molecule has 0 N–H and O–H groups in total. The van der Waals surface area contributed by atoms with Crippen LogP contribution in [0.5, 0.6) is 0 Å². The van der Waals surface area contributed by atoms with Crippen LogP contribution in [0.15, 0.2) is 182 Å². The quantitative estimate of drug-likeness (QED) is 0.104. The van der Waals surface area contributed by atoms with Crippen LogP contribution in [0.25, 0.3) is 32.7 Å². The van der Waals surface area contributed by atoms with E-state index in [1.807, 2.05) is 0 Å². The van der Waals surface area contributed by atoms with Gasteiger partial charge in [0.25, 0.3) is 0 Å². The Bertz CT molecular complexity index is 2440. The van der Waals surface area contributed by atoms with E-state index in [1.54, 1.807) is 0 Å². The molecule has 8 aromatic carbocycles. The minimum atomic E-state index is -0.124. The Morgan fingerprint density at radius 3 is 1.13 bits per heavy atom. The Morgan fingerprint density at radius 2 is 0.698 bits per heavy atom. The number of hydrogen-bond acceptors (Lipinski definition) is 2. The van der Waals surface area contributed by atoms with Gasteiger partial charge >= 0.3 is 0 Å². The summed E-state index contributed by atoms with van der Waals surface area (Å²) in [5.74, 6) is 0. The van der Waals surface area contributed by atoms with E-state index in [1.165, 1.54) is 77.4 Å². The Morgan fingerprint density at radius 1 is 0.340 bits per heavy atom. The van der Waals surface area contributed by atoms with Crippen LogP contribution in [-0.4, -0.2) is 0 Å². The van der Waals surface area contributed by atoms with Gasteiger partial charge in [-0.1, -0.05) is 184 Å². The second-order valence-corrected chi connectivity index (χ2v) is 15.0. The SMILES string of the molecule is CC1(C)c2ccccc2-c2cc3c(N(Cc4ccccc4)Cc4ccccc4)c4ccccc4c(N(Cc4ccccc4)Cc4ccccc4)c3cc21. The molecular formula is C51H44N2. The van der Waals surface area contributed by atoms with Gasteiger partial charge in [0.1, 0.15) is 0 Å². The van der Waals surface area contributed by atoms with E-state index in [-0.39, 0.29) is 5.41 Å². The van der Waals surface area contributed by atoms with Crippen molar-refractivity contribution in [1.29, 1.82) is 0 Å². The molecule has 0 atom stereocenters. The van der Waals surface area contributed by atoms with Crippen molar-refractivity contribution in [3.05, 3.63) is 215 Å². The Kier molecular flexibility index (Phi) is 8.52. The first-order valence-corrected chi connectivity index (χ1v) is 18.8. The van der Waals surface area contributed by atoms with Crippen LogP contribution in [0.4, 0.5) is 11.4 Å². The highest BCUT2D eigenvalue weighted by atomic mass is 15.1. The van der Waals surface area contributed by atoms with Gasteiger partial charge < -0.3 is 9.80 Å². The number of anilines is 2. The summed E-state index contributed by atoms with van der Waals surface area (Å²) in [5.41, 5.74) is 13.1. The van der Waals surface area contributed by atoms with Gasteiger partial charge in [0.05, 0.1) is 11.4 Å². The second kappa shape index (κ2) is 13.8. The van der Waals surface area contributed by atoms with E-state index >= 15 is 0 Å². The molecule has 258 valence electrons. The highest BCUT2D eigenvalue weighted by molar-refractivity contribution is 6.21. The molecule has 53 heavy (non-hydrogen) atoms. The van der Waals surface area contributed by atoms with Crippen molar-refractivity contribution in [1.82, 2.24) is 0 Å². The van der Waals surface area contributed by atoms with E-state index in [9.17, 15) is 0 Å². The number of hydrogen-bond donors (Lipinski definition) is 0. The topological polar surface area (TPSA) is 6.48 Å². The summed E-state index contributed by atoms with van der Waals surface area (Å²) in [4.78, 5) is 5.25. The summed E-state index contributed by atoms with van der Waals surface area (Å²) in [6.07, 6.45) is 0. The fourth-order valence-electron chi connectivity index (χ4n) is 8.65. The maximum Gasteiger partial charge on any atom is 0.0533 e. The summed E-state index contributed by atoms with van der Waals surface area (Å²) in [7, 11) is 0. The zero-order chi connectivity index (χ0) is 35.8. The summed E-state index contributed by atoms with van der Waals surface area (Å²) < 4.78 is 0. The molecule has 0 saturated carbocycles. The van der Waals surface area contributed by atoms with Crippen molar-refractivity contribution in [3.8, 4) is 11.1 Å². The molecule has 0 fully saturated rings. The molecule has 2 nitrogen and oxygen atoms in total. The molecule has 1 aliphatic rings. The lowest BCUT2D eigenvalue weighted by Crippen LogP contribution is -2.25. The molecule has 0 spiro atoms. The summed E-state index contributed by atoms with van der Waals surface area (Å²) in [5, 5.41) is 5.15. The van der Waals surface area contributed by atoms with Crippen LogP contribution in [0.1, 0.15) is 47.2 Å². The Balaban J connectivity index is 1.37. The first-order chi connectivity index (χ1) is 26.0. The van der Waals surface area contributed by atoms with Crippen LogP contribution >= 0.6 is 0 Å². The van der Waals surface area contributed by atoms with Gasteiger partial charge in [0, 0.05) is 53.1 Å². The molecule has 0 unspecified atom stereocenters.